The molecule has 10 heteroatoms. The van der Waals surface area contributed by atoms with Gasteiger partial charge in [0.15, 0.2) is 11.0 Å². The lowest BCUT2D eigenvalue weighted by Crippen LogP contribution is -2.16. The first-order valence-electron chi connectivity index (χ1n) is 5.47. The van der Waals surface area contributed by atoms with Crippen LogP contribution in [0, 0.1) is 6.92 Å². The number of aromatic nitrogens is 2. The second-order valence-electron chi connectivity index (χ2n) is 4.05. The molecule has 112 valence electrons. The van der Waals surface area contributed by atoms with Crippen LogP contribution in [0.3, 0.4) is 0 Å². The summed E-state index contributed by atoms with van der Waals surface area (Å²) in [6.45, 7) is 1.60. The van der Waals surface area contributed by atoms with E-state index >= 15 is 0 Å². The highest BCUT2D eigenvalue weighted by Crippen LogP contribution is 2.30. The number of benzene rings is 1. The first kappa shape index (κ1) is 16.3. The van der Waals surface area contributed by atoms with E-state index in [1.165, 1.54) is 6.07 Å². The van der Waals surface area contributed by atoms with E-state index in [0.29, 0.717) is 15.7 Å². The third kappa shape index (κ3) is 3.39. The van der Waals surface area contributed by atoms with E-state index < -0.39 is 10.0 Å². The summed E-state index contributed by atoms with van der Waals surface area (Å²) in [7, 11) is -3.92. The molecule has 0 saturated carbocycles. The van der Waals surface area contributed by atoms with E-state index in [2.05, 4.69) is 30.6 Å². The quantitative estimate of drug-likeness (QED) is 0.596. The molecule has 1 aromatic carbocycles. The molecule has 0 aliphatic heterocycles. The van der Waals surface area contributed by atoms with Crippen molar-refractivity contribution in [3.63, 3.8) is 0 Å². The molecule has 0 radical (unpaired) electrons. The van der Waals surface area contributed by atoms with E-state index in [4.69, 9.17) is 28.9 Å². The Kier molecular flexibility index (Phi) is 4.62. The predicted octanol–water partition coefficient (Wildman–Crippen LogP) is 3.24. The van der Waals surface area contributed by atoms with Crippen LogP contribution in [0.4, 0.5) is 11.5 Å². The van der Waals surface area contributed by atoms with Crippen molar-refractivity contribution in [1.29, 1.82) is 0 Å². The van der Waals surface area contributed by atoms with E-state index in [-0.39, 0.29) is 20.9 Å². The zero-order valence-electron chi connectivity index (χ0n) is 10.6. The number of rotatable bonds is 3. The highest BCUT2D eigenvalue weighted by Gasteiger charge is 2.21. The molecule has 0 aliphatic rings. The van der Waals surface area contributed by atoms with E-state index in [0.717, 1.165) is 6.33 Å². The van der Waals surface area contributed by atoms with Gasteiger partial charge in [-0.3, -0.25) is 4.72 Å². The SMILES string of the molecule is Cc1c(N)cc(Br)cc1S(=O)(=O)Nc1ncnc(Cl)c1Cl. The van der Waals surface area contributed by atoms with Crippen LogP contribution in [0.15, 0.2) is 27.8 Å². The van der Waals surface area contributed by atoms with Gasteiger partial charge < -0.3 is 5.73 Å². The molecule has 0 fully saturated rings. The number of sulfonamides is 1. The Balaban J connectivity index is 2.51. The standard InChI is InChI=1S/C11H9BrCl2N4O2S/c1-5-7(15)2-6(12)3-8(5)21(19,20)18-11-9(13)10(14)16-4-17-11/h2-4H,15H2,1H3,(H,16,17,18). The maximum absolute atomic E-state index is 12.4. The maximum Gasteiger partial charge on any atom is 0.263 e. The molecule has 0 unspecified atom stereocenters. The average molecular weight is 412 g/mol. The topological polar surface area (TPSA) is 98.0 Å². The minimum absolute atomic E-state index is 0.0141. The van der Waals surface area contributed by atoms with Crippen LogP contribution in [0.2, 0.25) is 10.2 Å². The molecule has 0 spiro atoms. The molecule has 0 aliphatic carbocycles. The third-order valence-corrected chi connectivity index (χ3v) is 5.30. The summed E-state index contributed by atoms with van der Waals surface area (Å²) < 4.78 is 27.7. The molecule has 3 N–H and O–H groups in total. The van der Waals surface area contributed by atoms with Crippen LogP contribution >= 0.6 is 39.1 Å². The summed E-state index contributed by atoms with van der Waals surface area (Å²) >= 11 is 14.8. The Morgan fingerprint density at radius 1 is 1.29 bits per heavy atom. The molecule has 2 rings (SSSR count). The molecule has 0 amide bonds. The fourth-order valence-electron chi connectivity index (χ4n) is 1.56. The van der Waals surface area contributed by atoms with Gasteiger partial charge in [-0.15, -0.1) is 0 Å². The van der Waals surface area contributed by atoms with Gasteiger partial charge in [0.05, 0.1) is 4.90 Å². The Labute approximate surface area is 139 Å². The predicted molar refractivity (Wildman–Crippen MR) is 86.2 cm³/mol. The Morgan fingerprint density at radius 3 is 2.62 bits per heavy atom. The molecule has 6 nitrogen and oxygen atoms in total. The monoisotopic (exact) mass is 410 g/mol. The second kappa shape index (κ2) is 5.96. The fourth-order valence-corrected chi connectivity index (χ4v) is 3.84. The van der Waals surface area contributed by atoms with Crippen molar-refractivity contribution in [3.05, 3.63) is 38.7 Å². The minimum atomic E-state index is -3.92. The molecule has 21 heavy (non-hydrogen) atoms. The maximum atomic E-state index is 12.4. The van der Waals surface area contributed by atoms with Crippen molar-refractivity contribution >= 4 is 60.7 Å². The molecule has 0 saturated heterocycles. The minimum Gasteiger partial charge on any atom is -0.398 e. The summed E-state index contributed by atoms with van der Waals surface area (Å²) in [6.07, 6.45) is 1.11. The molecule has 2 aromatic rings. The van der Waals surface area contributed by atoms with Gasteiger partial charge in [-0.1, -0.05) is 39.1 Å². The zero-order valence-corrected chi connectivity index (χ0v) is 14.5. The van der Waals surface area contributed by atoms with Gasteiger partial charge in [0.2, 0.25) is 0 Å². The van der Waals surface area contributed by atoms with Gasteiger partial charge in [0.25, 0.3) is 10.0 Å². The van der Waals surface area contributed by atoms with E-state index in [1.807, 2.05) is 0 Å². The number of hydrogen-bond acceptors (Lipinski definition) is 5. The summed E-state index contributed by atoms with van der Waals surface area (Å²) in [6, 6.07) is 3.05. The van der Waals surface area contributed by atoms with Crippen LogP contribution in [0.25, 0.3) is 0 Å². The van der Waals surface area contributed by atoms with Crippen LogP contribution in [0.5, 0.6) is 0 Å². The number of nitrogens with two attached hydrogens (primary N) is 1. The lowest BCUT2D eigenvalue weighted by Gasteiger charge is -2.12. The molecule has 0 bridgehead atoms. The zero-order chi connectivity index (χ0) is 15.8. The summed E-state index contributed by atoms with van der Waals surface area (Å²) in [4.78, 5) is 7.43. The molecular weight excluding hydrogens is 403 g/mol. The lowest BCUT2D eigenvalue weighted by atomic mass is 10.2. The van der Waals surface area contributed by atoms with Crippen LogP contribution in [0.1, 0.15) is 5.56 Å². The summed E-state index contributed by atoms with van der Waals surface area (Å²) in [5, 5.41) is -0.127. The van der Waals surface area contributed by atoms with Crippen LogP contribution in [-0.2, 0) is 10.0 Å². The van der Waals surface area contributed by atoms with Gasteiger partial charge in [-0.2, -0.15) is 0 Å². The lowest BCUT2D eigenvalue weighted by molar-refractivity contribution is 0.600. The highest BCUT2D eigenvalue weighted by atomic mass is 79.9. The van der Waals surface area contributed by atoms with Gasteiger partial charge in [-0.25, -0.2) is 18.4 Å². The summed E-state index contributed by atoms with van der Waals surface area (Å²) in [5.74, 6) is -0.102. The molecular formula is C11H9BrCl2N4O2S. The van der Waals surface area contributed by atoms with Crippen molar-refractivity contribution in [1.82, 2.24) is 9.97 Å². The number of nitrogen functional groups attached to an aromatic ring is 1. The smallest absolute Gasteiger partial charge is 0.263 e. The Bertz CT molecular complexity index is 814. The first-order chi connectivity index (χ1) is 9.72. The number of anilines is 2. The van der Waals surface area contributed by atoms with E-state index in [9.17, 15) is 8.42 Å². The Morgan fingerprint density at radius 2 is 1.95 bits per heavy atom. The van der Waals surface area contributed by atoms with Crippen molar-refractivity contribution in [2.45, 2.75) is 11.8 Å². The van der Waals surface area contributed by atoms with E-state index in [1.54, 1.807) is 13.0 Å². The van der Waals surface area contributed by atoms with Crippen molar-refractivity contribution in [2.24, 2.45) is 0 Å². The van der Waals surface area contributed by atoms with Crippen molar-refractivity contribution < 1.29 is 8.42 Å². The number of hydrogen-bond donors (Lipinski definition) is 2. The summed E-state index contributed by atoms with van der Waals surface area (Å²) in [5.41, 5.74) is 6.53. The number of nitrogens with zero attached hydrogens (tertiary/aromatic N) is 2. The van der Waals surface area contributed by atoms with Crippen LogP contribution in [-0.4, -0.2) is 18.4 Å². The van der Waals surface area contributed by atoms with Gasteiger partial charge in [-0.05, 0) is 24.6 Å². The third-order valence-electron chi connectivity index (χ3n) is 2.63. The van der Waals surface area contributed by atoms with Gasteiger partial charge in [0.1, 0.15) is 11.3 Å². The largest absolute Gasteiger partial charge is 0.398 e. The molecule has 1 aromatic heterocycles. The number of halogens is 3. The van der Waals surface area contributed by atoms with Crippen molar-refractivity contribution in [3.8, 4) is 0 Å². The van der Waals surface area contributed by atoms with Gasteiger partial charge >= 0.3 is 0 Å². The average Bonchev–Trinajstić information content (AvgIpc) is 2.39. The second-order valence-corrected chi connectivity index (χ2v) is 7.35. The van der Waals surface area contributed by atoms with Crippen LogP contribution < -0.4 is 10.5 Å². The molecule has 0 atom stereocenters. The highest BCUT2D eigenvalue weighted by molar-refractivity contribution is 9.10. The van der Waals surface area contributed by atoms with Crippen molar-refractivity contribution in [2.75, 3.05) is 10.5 Å². The Hall–Kier alpha value is -1.09. The fraction of sp³-hybridized carbons (Fsp3) is 0.0909. The first-order valence-corrected chi connectivity index (χ1v) is 8.50. The number of nitrogens with one attached hydrogen (secondary N) is 1. The van der Waals surface area contributed by atoms with Gasteiger partial charge in [0, 0.05) is 10.2 Å². The molecule has 1 heterocycles. The normalized spacial score (nSPS) is 11.4.